The molecule has 0 amide bonds. The molecule has 0 spiro atoms. The Morgan fingerprint density at radius 1 is 0.909 bits per heavy atom. The lowest BCUT2D eigenvalue weighted by atomic mass is 10.0. The second kappa shape index (κ2) is 10.8. The molecule has 3 heteroatoms. The maximum Gasteiger partial charge on any atom is 0.328 e. The predicted octanol–water partition coefficient (Wildman–Crippen LogP) is 4.80. The number of aliphatic carboxylic acids is 1. The number of carboxylic acid groups (broad SMARTS) is 1. The molecule has 0 aromatic heterocycles. The first-order chi connectivity index (χ1) is 10.6. The zero-order chi connectivity index (χ0) is 16.2. The number of hydrogen-bond acceptors (Lipinski definition) is 2. The van der Waals surface area contributed by atoms with Crippen molar-refractivity contribution in [1.29, 1.82) is 0 Å². The first-order valence-electron chi connectivity index (χ1n) is 8.17. The van der Waals surface area contributed by atoms with Gasteiger partial charge in [0, 0.05) is 11.6 Å². The van der Waals surface area contributed by atoms with Crippen molar-refractivity contribution in [2.45, 2.75) is 58.3 Å². The number of carbonyl (C=O) groups is 2. The molecule has 1 rings (SSSR count). The normalized spacial score (nSPS) is 11.0. The van der Waals surface area contributed by atoms with E-state index in [0.717, 1.165) is 18.6 Å². The third-order valence-electron chi connectivity index (χ3n) is 3.68. The molecule has 1 aromatic rings. The molecule has 0 saturated heterocycles. The first kappa shape index (κ1) is 18.1. The van der Waals surface area contributed by atoms with Crippen LogP contribution in [0.3, 0.4) is 0 Å². The number of unbranched alkanes of at least 4 members (excludes halogenated alkanes) is 6. The van der Waals surface area contributed by atoms with Gasteiger partial charge in [-0.2, -0.15) is 0 Å². The largest absolute Gasteiger partial charge is 0.478 e. The molecule has 0 heterocycles. The van der Waals surface area contributed by atoms with Crippen LogP contribution in [0.15, 0.2) is 36.4 Å². The van der Waals surface area contributed by atoms with E-state index in [2.05, 4.69) is 6.92 Å². The molecule has 22 heavy (non-hydrogen) atoms. The molecule has 0 radical (unpaired) electrons. The van der Waals surface area contributed by atoms with Gasteiger partial charge in [-0.1, -0.05) is 69.7 Å². The lowest BCUT2D eigenvalue weighted by Gasteiger charge is -2.03. The monoisotopic (exact) mass is 302 g/mol. The van der Waals surface area contributed by atoms with E-state index in [9.17, 15) is 9.59 Å². The van der Waals surface area contributed by atoms with Crippen molar-refractivity contribution in [2.75, 3.05) is 0 Å². The second-order valence-corrected chi connectivity index (χ2v) is 5.60. The average Bonchev–Trinajstić information content (AvgIpc) is 2.52. The molecule has 0 atom stereocenters. The van der Waals surface area contributed by atoms with E-state index in [-0.39, 0.29) is 5.78 Å². The fraction of sp³-hybridized carbons (Fsp3) is 0.474. The SMILES string of the molecule is CCCCCCCCCc1ccc(C(=O)/C=C/C(=O)O)cc1. The van der Waals surface area contributed by atoms with Gasteiger partial charge in [-0.3, -0.25) is 4.79 Å². The summed E-state index contributed by atoms with van der Waals surface area (Å²) in [7, 11) is 0. The van der Waals surface area contributed by atoms with Crippen molar-refractivity contribution in [3.63, 3.8) is 0 Å². The summed E-state index contributed by atoms with van der Waals surface area (Å²) in [6, 6.07) is 7.45. The average molecular weight is 302 g/mol. The number of allylic oxidation sites excluding steroid dienone is 1. The Hall–Kier alpha value is -1.90. The van der Waals surface area contributed by atoms with Crippen molar-refractivity contribution in [2.24, 2.45) is 0 Å². The van der Waals surface area contributed by atoms with Crippen LogP contribution in [0.1, 0.15) is 67.8 Å². The lowest BCUT2D eigenvalue weighted by molar-refractivity contribution is -0.131. The highest BCUT2D eigenvalue weighted by molar-refractivity contribution is 6.06. The second-order valence-electron chi connectivity index (χ2n) is 5.60. The van der Waals surface area contributed by atoms with E-state index in [0.29, 0.717) is 5.56 Å². The van der Waals surface area contributed by atoms with Gasteiger partial charge in [-0.25, -0.2) is 4.79 Å². The van der Waals surface area contributed by atoms with Gasteiger partial charge in [-0.15, -0.1) is 0 Å². The zero-order valence-corrected chi connectivity index (χ0v) is 13.4. The first-order valence-corrected chi connectivity index (χ1v) is 8.17. The molecule has 0 aliphatic heterocycles. The van der Waals surface area contributed by atoms with Gasteiger partial charge >= 0.3 is 5.97 Å². The summed E-state index contributed by atoms with van der Waals surface area (Å²) in [6.07, 6.45) is 12.0. The molecular formula is C19H26O3. The fourth-order valence-corrected chi connectivity index (χ4v) is 2.37. The van der Waals surface area contributed by atoms with Gasteiger partial charge in [0.2, 0.25) is 0 Å². The molecule has 1 aromatic carbocycles. The number of carbonyl (C=O) groups excluding carboxylic acids is 1. The number of aryl methyl sites for hydroxylation is 1. The summed E-state index contributed by atoms with van der Waals surface area (Å²) in [6.45, 7) is 2.23. The molecule has 0 fully saturated rings. The zero-order valence-electron chi connectivity index (χ0n) is 13.4. The van der Waals surface area contributed by atoms with Crippen LogP contribution in [-0.4, -0.2) is 16.9 Å². The number of ketones is 1. The van der Waals surface area contributed by atoms with E-state index in [1.54, 1.807) is 12.1 Å². The summed E-state index contributed by atoms with van der Waals surface area (Å²) in [5.74, 6) is -1.38. The van der Waals surface area contributed by atoms with Gasteiger partial charge in [0.05, 0.1) is 0 Å². The van der Waals surface area contributed by atoms with E-state index >= 15 is 0 Å². The Bertz CT molecular complexity index is 486. The highest BCUT2D eigenvalue weighted by atomic mass is 16.4. The molecule has 0 unspecified atom stereocenters. The molecule has 0 saturated carbocycles. The van der Waals surface area contributed by atoms with Gasteiger partial charge in [0.25, 0.3) is 0 Å². The van der Waals surface area contributed by atoms with Crippen molar-refractivity contribution in [1.82, 2.24) is 0 Å². The van der Waals surface area contributed by atoms with E-state index in [1.807, 2.05) is 12.1 Å². The maximum atomic E-state index is 11.7. The van der Waals surface area contributed by atoms with Crippen molar-refractivity contribution < 1.29 is 14.7 Å². The van der Waals surface area contributed by atoms with E-state index < -0.39 is 5.97 Å². The highest BCUT2D eigenvalue weighted by Gasteiger charge is 2.02. The van der Waals surface area contributed by atoms with Crippen LogP contribution in [0.4, 0.5) is 0 Å². The minimum atomic E-state index is -1.11. The third-order valence-corrected chi connectivity index (χ3v) is 3.68. The van der Waals surface area contributed by atoms with Crippen LogP contribution in [0, 0.1) is 0 Å². The Morgan fingerprint density at radius 3 is 2.09 bits per heavy atom. The van der Waals surface area contributed by atoms with Crippen molar-refractivity contribution in [3.05, 3.63) is 47.5 Å². The summed E-state index contributed by atoms with van der Waals surface area (Å²) in [4.78, 5) is 22.1. The Kier molecular flexibility index (Phi) is 8.89. The molecule has 0 aliphatic rings. The standard InChI is InChI=1S/C19H26O3/c1-2-3-4-5-6-7-8-9-16-10-12-17(13-11-16)18(20)14-15-19(21)22/h10-15H,2-9H2,1H3,(H,21,22)/b15-14+. The smallest absolute Gasteiger partial charge is 0.328 e. The van der Waals surface area contributed by atoms with Crippen molar-refractivity contribution in [3.8, 4) is 0 Å². The van der Waals surface area contributed by atoms with Crippen LogP contribution >= 0.6 is 0 Å². The third kappa shape index (κ3) is 7.77. The topological polar surface area (TPSA) is 54.4 Å². The Labute approximate surface area is 133 Å². The highest BCUT2D eigenvalue weighted by Crippen LogP contribution is 2.12. The number of carboxylic acids is 1. The summed E-state index contributed by atoms with van der Waals surface area (Å²) in [5.41, 5.74) is 1.76. The van der Waals surface area contributed by atoms with Gasteiger partial charge in [0.15, 0.2) is 5.78 Å². The summed E-state index contributed by atoms with van der Waals surface area (Å²) < 4.78 is 0. The summed E-state index contributed by atoms with van der Waals surface area (Å²) in [5, 5.41) is 8.50. The van der Waals surface area contributed by atoms with Gasteiger partial charge < -0.3 is 5.11 Å². The van der Waals surface area contributed by atoms with Crippen LogP contribution in [-0.2, 0) is 11.2 Å². The Morgan fingerprint density at radius 2 is 1.50 bits per heavy atom. The number of benzene rings is 1. The molecule has 1 N–H and O–H groups in total. The molecule has 120 valence electrons. The van der Waals surface area contributed by atoms with Gasteiger partial charge in [-0.05, 0) is 24.5 Å². The quantitative estimate of drug-likeness (QED) is 0.363. The minimum Gasteiger partial charge on any atom is -0.478 e. The fourth-order valence-electron chi connectivity index (χ4n) is 2.37. The molecule has 0 aliphatic carbocycles. The van der Waals surface area contributed by atoms with Crippen LogP contribution in [0.25, 0.3) is 0 Å². The number of hydrogen-bond donors (Lipinski definition) is 1. The van der Waals surface area contributed by atoms with Crippen LogP contribution in [0.5, 0.6) is 0 Å². The lowest BCUT2D eigenvalue weighted by Crippen LogP contribution is -1.97. The maximum absolute atomic E-state index is 11.7. The minimum absolute atomic E-state index is 0.273. The van der Waals surface area contributed by atoms with Crippen LogP contribution in [0.2, 0.25) is 0 Å². The van der Waals surface area contributed by atoms with Crippen LogP contribution < -0.4 is 0 Å². The summed E-state index contributed by atoms with van der Waals surface area (Å²) >= 11 is 0. The van der Waals surface area contributed by atoms with Crippen molar-refractivity contribution >= 4 is 11.8 Å². The van der Waals surface area contributed by atoms with E-state index in [1.165, 1.54) is 50.5 Å². The predicted molar refractivity (Wildman–Crippen MR) is 89.2 cm³/mol. The van der Waals surface area contributed by atoms with Gasteiger partial charge in [0.1, 0.15) is 0 Å². The van der Waals surface area contributed by atoms with E-state index in [4.69, 9.17) is 5.11 Å². The molecule has 3 nitrogen and oxygen atoms in total. The number of rotatable bonds is 11. The Balaban J connectivity index is 2.30. The molecular weight excluding hydrogens is 276 g/mol. The molecule has 0 bridgehead atoms.